The fourth-order valence-electron chi connectivity index (χ4n) is 3.09. The van der Waals surface area contributed by atoms with Crippen molar-refractivity contribution in [2.24, 2.45) is 11.8 Å². The zero-order valence-corrected chi connectivity index (χ0v) is 14.9. The normalized spacial score (nSPS) is 18.9. The van der Waals surface area contributed by atoms with E-state index in [1.165, 1.54) is 19.4 Å². The fourth-order valence-corrected chi connectivity index (χ4v) is 3.09. The molecule has 1 atom stereocenters. The topological polar surface area (TPSA) is 32.8 Å². The minimum Gasteiger partial charge on any atom is -0.493 e. The summed E-state index contributed by atoms with van der Waals surface area (Å²) < 4.78 is 5.72. The molecule has 1 fully saturated rings. The molecule has 1 heterocycles. The molecule has 0 bridgehead atoms. The number of ether oxygens (including phenoxy) is 1. The zero-order chi connectivity index (χ0) is 16.8. The molecule has 0 saturated carbocycles. The number of nitrogens with zero attached hydrogens (tertiary/aromatic N) is 2. The van der Waals surface area contributed by atoms with Gasteiger partial charge in [-0.05, 0) is 56.5 Å². The van der Waals surface area contributed by atoms with E-state index in [-0.39, 0.29) is 5.91 Å². The summed E-state index contributed by atoms with van der Waals surface area (Å²) in [6.45, 7) is 7.97. The minimum absolute atomic E-state index is 0.0771. The van der Waals surface area contributed by atoms with Gasteiger partial charge in [0.05, 0.1) is 6.61 Å². The van der Waals surface area contributed by atoms with Gasteiger partial charge in [0.25, 0.3) is 5.91 Å². The van der Waals surface area contributed by atoms with Crippen molar-refractivity contribution in [3.8, 4) is 5.75 Å². The molecule has 1 aromatic rings. The molecule has 128 valence electrons. The van der Waals surface area contributed by atoms with Gasteiger partial charge in [-0.3, -0.25) is 4.79 Å². The van der Waals surface area contributed by atoms with E-state index in [2.05, 4.69) is 25.8 Å². The van der Waals surface area contributed by atoms with Crippen molar-refractivity contribution in [3.05, 3.63) is 29.8 Å². The van der Waals surface area contributed by atoms with Crippen LogP contribution >= 0.6 is 0 Å². The van der Waals surface area contributed by atoms with E-state index in [0.717, 1.165) is 18.8 Å². The molecule has 4 heteroatoms. The molecule has 0 N–H and O–H groups in total. The van der Waals surface area contributed by atoms with Gasteiger partial charge in [-0.2, -0.15) is 0 Å². The van der Waals surface area contributed by atoms with Crippen molar-refractivity contribution >= 4 is 5.91 Å². The third-order valence-corrected chi connectivity index (χ3v) is 4.27. The third kappa shape index (κ3) is 5.54. The first-order valence-corrected chi connectivity index (χ1v) is 8.62. The van der Waals surface area contributed by atoms with Gasteiger partial charge in [-0.1, -0.05) is 19.9 Å². The first-order valence-electron chi connectivity index (χ1n) is 8.62. The third-order valence-electron chi connectivity index (χ3n) is 4.27. The van der Waals surface area contributed by atoms with Gasteiger partial charge >= 0.3 is 0 Å². The Labute approximate surface area is 140 Å². The van der Waals surface area contributed by atoms with E-state index >= 15 is 0 Å². The molecule has 4 nitrogen and oxygen atoms in total. The minimum atomic E-state index is 0.0771. The van der Waals surface area contributed by atoms with Crippen LogP contribution in [0.25, 0.3) is 0 Å². The maximum absolute atomic E-state index is 12.6. The summed E-state index contributed by atoms with van der Waals surface area (Å²) in [6.07, 6.45) is 2.43. The lowest BCUT2D eigenvalue weighted by molar-refractivity contribution is 0.0740. The molecule has 0 aliphatic carbocycles. The van der Waals surface area contributed by atoms with Crippen LogP contribution in [0.15, 0.2) is 24.3 Å². The monoisotopic (exact) mass is 318 g/mol. The Kier molecular flexibility index (Phi) is 6.46. The van der Waals surface area contributed by atoms with Crippen LogP contribution in [0.2, 0.25) is 0 Å². The number of hydrogen-bond donors (Lipinski definition) is 0. The Bertz CT molecular complexity index is 516. The van der Waals surface area contributed by atoms with Gasteiger partial charge in [0.2, 0.25) is 0 Å². The maximum Gasteiger partial charge on any atom is 0.253 e. The molecular formula is C19H30N2O2. The highest BCUT2D eigenvalue weighted by atomic mass is 16.5. The smallest absolute Gasteiger partial charge is 0.253 e. The van der Waals surface area contributed by atoms with E-state index in [4.69, 9.17) is 4.74 Å². The van der Waals surface area contributed by atoms with Crippen LogP contribution in [-0.2, 0) is 0 Å². The molecule has 2 rings (SSSR count). The molecule has 1 amide bonds. The van der Waals surface area contributed by atoms with Crippen molar-refractivity contribution in [2.75, 3.05) is 40.3 Å². The Morgan fingerprint density at radius 1 is 1.43 bits per heavy atom. The highest BCUT2D eigenvalue weighted by Crippen LogP contribution is 2.19. The first kappa shape index (κ1) is 17.8. The van der Waals surface area contributed by atoms with Crippen molar-refractivity contribution in [2.45, 2.75) is 26.7 Å². The van der Waals surface area contributed by atoms with Crippen LogP contribution in [0, 0.1) is 11.8 Å². The predicted molar refractivity (Wildman–Crippen MR) is 94.0 cm³/mol. The van der Waals surface area contributed by atoms with Crippen LogP contribution in [0.5, 0.6) is 5.75 Å². The average Bonchev–Trinajstić information content (AvgIpc) is 2.52. The lowest BCUT2D eigenvalue weighted by atomic mass is 9.98. The standard InChI is InChI=1S/C19H30N2O2/c1-15(2)14-23-18-9-5-8-17(11-18)19(22)21(4)13-16-7-6-10-20(3)12-16/h5,8-9,11,15-16H,6-7,10,12-14H2,1-4H3. The Balaban J connectivity index is 1.94. The number of hydrogen-bond acceptors (Lipinski definition) is 3. The highest BCUT2D eigenvalue weighted by molar-refractivity contribution is 5.94. The lowest BCUT2D eigenvalue weighted by Crippen LogP contribution is -2.40. The number of carbonyl (C=O) groups excluding carboxylic acids is 1. The van der Waals surface area contributed by atoms with Crippen LogP contribution in [0.3, 0.4) is 0 Å². The summed E-state index contributed by atoms with van der Waals surface area (Å²) in [5.74, 6) is 1.90. The van der Waals surface area contributed by atoms with Gasteiger partial charge in [0, 0.05) is 25.7 Å². The lowest BCUT2D eigenvalue weighted by Gasteiger charge is -2.32. The average molecular weight is 318 g/mol. The maximum atomic E-state index is 12.6. The van der Waals surface area contributed by atoms with Gasteiger partial charge in [0.15, 0.2) is 0 Å². The summed E-state index contributed by atoms with van der Waals surface area (Å²) in [5, 5.41) is 0. The second kappa shape index (κ2) is 8.34. The number of likely N-dealkylation sites (tertiary alicyclic amines) is 1. The molecule has 1 saturated heterocycles. The molecule has 0 radical (unpaired) electrons. The molecule has 1 aliphatic heterocycles. The second-order valence-electron chi connectivity index (χ2n) is 7.19. The number of rotatable bonds is 6. The Hall–Kier alpha value is -1.55. The van der Waals surface area contributed by atoms with Gasteiger partial charge in [0.1, 0.15) is 5.75 Å². The highest BCUT2D eigenvalue weighted by Gasteiger charge is 2.21. The van der Waals surface area contributed by atoms with Crippen LogP contribution in [0.1, 0.15) is 37.0 Å². The van der Waals surface area contributed by atoms with E-state index < -0.39 is 0 Å². The van der Waals surface area contributed by atoms with E-state index in [9.17, 15) is 4.79 Å². The molecule has 23 heavy (non-hydrogen) atoms. The van der Waals surface area contributed by atoms with E-state index in [0.29, 0.717) is 24.0 Å². The summed E-state index contributed by atoms with van der Waals surface area (Å²) in [6, 6.07) is 7.53. The number of piperidine rings is 1. The van der Waals surface area contributed by atoms with Crippen molar-refractivity contribution in [1.29, 1.82) is 0 Å². The molecule has 1 unspecified atom stereocenters. The van der Waals surface area contributed by atoms with Crippen molar-refractivity contribution in [3.63, 3.8) is 0 Å². The largest absolute Gasteiger partial charge is 0.493 e. The summed E-state index contributed by atoms with van der Waals surface area (Å²) in [4.78, 5) is 16.9. The van der Waals surface area contributed by atoms with Gasteiger partial charge in [-0.25, -0.2) is 0 Å². The summed E-state index contributed by atoms with van der Waals surface area (Å²) in [5.41, 5.74) is 0.706. The Morgan fingerprint density at radius 3 is 2.91 bits per heavy atom. The SMILES string of the molecule is CC(C)COc1cccc(C(=O)N(C)CC2CCCN(C)C2)c1. The van der Waals surface area contributed by atoms with E-state index in [1.54, 1.807) is 0 Å². The molecule has 0 aromatic heterocycles. The number of amides is 1. The van der Waals surface area contributed by atoms with Crippen LogP contribution in [-0.4, -0.2) is 56.0 Å². The quantitative estimate of drug-likeness (QED) is 0.808. The Morgan fingerprint density at radius 2 is 2.22 bits per heavy atom. The zero-order valence-electron chi connectivity index (χ0n) is 14.9. The van der Waals surface area contributed by atoms with Gasteiger partial charge in [-0.15, -0.1) is 0 Å². The van der Waals surface area contributed by atoms with Gasteiger partial charge < -0.3 is 14.5 Å². The first-order chi connectivity index (χ1) is 11.0. The van der Waals surface area contributed by atoms with Crippen molar-refractivity contribution in [1.82, 2.24) is 9.80 Å². The van der Waals surface area contributed by atoms with Crippen LogP contribution in [0.4, 0.5) is 0 Å². The molecule has 1 aliphatic rings. The molecular weight excluding hydrogens is 288 g/mol. The predicted octanol–water partition coefficient (Wildman–Crippen LogP) is 3.14. The summed E-state index contributed by atoms with van der Waals surface area (Å²) in [7, 11) is 4.06. The van der Waals surface area contributed by atoms with E-state index in [1.807, 2.05) is 36.2 Å². The van der Waals surface area contributed by atoms with Crippen LogP contribution < -0.4 is 4.74 Å². The molecule has 1 aromatic carbocycles. The summed E-state index contributed by atoms with van der Waals surface area (Å²) >= 11 is 0. The second-order valence-corrected chi connectivity index (χ2v) is 7.19. The van der Waals surface area contributed by atoms with Crippen molar-refractivity contribution < 1.29 is 9.53 Å². The number of benzene rings is 1. The number of carbonyl (C=O) groups is 1. The molecule has 0 spiro atoms. The fraction of sp³-hybridized carbons (Fsp3) is 0.632.